The summed E-state index contributed by atoms with van der Waals surface area (Å²) in [5.41, 5.74) is 11.1. The lowest BCUT2D eigenvalue weighted by molar-refractivity contribution is 0.0327. The van der Waals surface area contributed by atoms with Crippen LogP contribution >= 0.6 is 0 Å². The molecule has 0 heterocycles. The van der Waals surface area contributed by atoms with Gasteiger partial charge in [-0.2, -0.15) is 0 Å². The van der Waals surface area contributed by atoms with Gasteiger partial charge in [0.1, 0.15) is 6.23 Å². The molecule has 0 amide bonds. The molecule has 0 radical (unpaired) electrons. The van der Waals surface area contributed by atoms with Crippen molar-refractivity contribution in [2.45, 2.75) is 39.5 Å². The second kappa shape index (κ2) is 4.04. The Bertz CT molecular complexity index is 107. The van der Waals surface area contributed by atoms with Gasteiger partial charge in [-0.1, -0.05) is 6.92 Å². The fourth-order valence-electron chi connectivity index (χ4n) is 0.511. The Balaban J connectivity index is 3.61. The minimum Gasteiger partial charge on any atom is -0.364 e. The molecule has 0 spiro atoms. The maximum Gasteiger partial charge on any atom is 0.102 e. The SMILES string of the molecule is CC(N)OCC(C)C(C)(C)N. The standard InChI is InChI=1S/C8H20N2O/c1-6(8(3,4)10)5-11-7(2)9/h6-7H,5,9-10H2,1-4H3. The van der Waals surface area contributed by atoms with Crippen molar-refractivity contribution in [3.05, 3.63) is 0 Å². The molecule has 0 fully saturated rings. The summed E-state index contributed by atoms with van der Waals surface area (Å²) in [6.45, 7) is 8.48. The van der Waals surface area contributed by atoms with Gasteiger partial charge in [-0.25, -0.2) is 0 Å². The Morgan fingerprint density at radius 3 is 2.09 bits per heavy atom. The Morgan fingerprint density at radius 2 is 1.82 bits per heavy atom. The van der Waals surface area contributed by atoms with E-state index in [1.54, 1.807) is 0 Å². The summed E-state index contributed by atoms with van der Waals surface area (Å²) in [5, 5.41) is 0. The Hall–Kier alpha value is -0.120. The summed E-state index contributed by atoms with van der Waals surface area (Å²) in [4.78, 5) is 0. The van der Waals surface area contributed by atoms with E-state index in [0.29, 0.717) is 12.5 Å². The highest BCUT2D eigenvalue weighted by molar-refractivity contribution is 4.78. The van der Waals surface area contributed by atoms with Crippen molar-refractivity contribution < 1.29 is 4.74 Å². The number of rotatable bonds is 4. The van der Waals surface area contributed by atoms with Crippen LogP contribution in [0.5, 0.6) is 0 Å². The Kier molecular flexibility index (Phi) is 4.00. The molecule has 3 heteroatoms. The molecule has 0 saturated heterocycles. The molecule has 0 aliphatic rings. The molecule has 0 bridgehead atoms. The van der Waals surface area contributed by atoms with Gasteiger partial charge in [0.05, 0.1) is 6.61 Å². The smallest absolute Gasteiger partial charge is 0.102 e. The molecule has 0 aromatic heterocycles. The number of ether oxygens (including phenoxy) is 1. The van der Waals surface area contributed by atoms with Crippen LogP contribution in [0.3, 0.4) is 0 Å². The predicted octanol–water partition coefficient (Wildman–Crippen LogP) is 0.681. The molecule has 4 N–H and O–H groups in total. The number of hydrogen-bond donors (Lipinski definition) is 2. The maximum atomic E-state index is 5.84. The van der Waals surface area contributed by atoms with Crippen molar-refractivity contribution in [3.63, 3.8) is 0 Å². The molecule has 2 atom stereocenters. The van der Waals surface area contributed by atoms with Gasteiger partial charge < -0.3 is 16.2 Å². The van der Waals surface area contributed by atoms with Crippen LogP contribution in [0.4, 0.5) is 0 Å². The van der Waals surface area contributed by atoms with Gasteiger partial charge in [-0.05, 0) is 26.7 Å². The van der Waals surface area contributed by atoms with Crippen LogP contribution in [-0.2, 0) is 4.74 Å². The fourth-order valence-corrected chi connectivity index (χ4v) is 0.511. The van der Waals surface area contributed by atoms with Crippen LogP contribution in [-0.4, -0.2) is 18.4 Å². The summed E-state index contributed by atoms with van der Waals surface area (Å²) in [6, 6.07) is 0. The van der Waals surface area contributed by atoms with Crippen LogP contribution in [0.2, 0.25) is 0 Å². The van der Waals surface area contributed by atoms with E-state index < -0.39 is 0 Å². The van der Waals surface area contributed by atoms with E-state index in [4.69, 9.17) is 16.2 Å². The topological polar surface area (TPSA) is 61.3 Å². The van der Waals surface area contributed by atoms with Crippen molar-refractivity contribution in [1.29, 1.82) is 0 Å². The highest BCUT2D eigenvalue weighted by atomic mass is 16.5. The van der Waals surface area contributed by atoms with Crippen LogP contribution in [0.1, 0.15) is 27.7 Å². The minimum atomic E-state index is -0.195. The molecular formula is C8H20N2O. The lowest BCUT2D eigenvalue weighted by Gasteiger charge is -2.27. The molecule has 0 aliphatic heterocycles. The average Bonchev–Trinajstić information content (AvgIpc) is 1.80. The van der Waals surface area contributed by atoms with Crippen molar-refractivity contribution in [1.82, 2.24) is 0 Å². The van der Waals surface area contributed by atoms with Crippen LogP contribution < -0.4 is 11.5 Å². The lowest BCUT2D eigenvalue weighted by atomic mass is 9.91. The van der Waals surface area contributed by atoms with E-state index in [2.05, 4.69) is 6.92 Å². The van der Waals surface area contributed by atoms with E-state index in [-0.39, 0.29) is 11.8 Å². The van der Waals surface area contributed by atoms with Gasteiger partial charge in [-0.15, -0.1) is 0 Å². The van der Waals surface area contributed by atoms with Crippen molar-refractivity contribution in [2.75, 3.05) is 6.61 Å². The fraction of sp³-hybridized carbons (Fsp3) is 1.00. The van der Waals surface area contributed by atoms with E-state index in [0.717, 1.165) is 0 Å². The van der Waals surface area contributed by atoms with E-state index in [9.17, 15) is 0 Å². The summed E-state index contributed by atoms with van der Waals surface area (Å²) in [7, 11) is 0. The highest BCUT2D eigenvalue weighted by Crippen LogP contribution is 2.12. The predicted molar refractivity (Wildman–Crippen MR) is 47.0 cm³/mol. The number of nitrogens with two attached hydrogens (primary N) is 2. The average molecular weight is 160 g/mol. The molecule has 0 aliphatic carbocycles. The molecule has 2 unspecified atom stereocenters. The van der Waals surface area contributed by atoms with Gasteiger partial charge in [0, 0.05) is 5.54 Å². The Morgan fingerprint density at radius 1 is 1.36 bits per heavy atom. The summed E-state index contributed by atoms with van der Waals surface area (Å²) in [5.74, 6) is 0.327. The van der Waals surface area contributed by atoms with Gasteiger partial charge in [-0.3, -0.25) is 0 Å². The van der Waals surface area contributed by atoms with Crippen LogP contribution in [0.25, 0.3) is 0 Å². The first-order chi connectivity index (χ1) is 4.84. The van der Waals surface area contributed by atoms with E-state index in [1.807, 2.05) is 20.8 Å². The third-order valence-electron chi connectivity index (χ3n) is 1.88. The zero-order valence-corrected chi connectivity index (χ0v) is 7.92. The monoisotopic (exact) mass is 160 g/mol. The molecule has 0 aromatic carbocycles. The zero-order valence-electron chi connectivity index (χ0n) is 7.92. The van der Waals surface area contributed by atoms with Crippen molar-refractivity contribution in [3.8, 4) is 0 Å². The molecule has 68 valence electrons. The first-order valence-corrected chi connectivity index (χ1v) is 4.00. The largest absolute Gasteiger partial charge is 0.364 e. The lowest BCUT2D eigenvalue weighted by Crippen LogP contribution is -2.42. The van der Waals surface area contributed by atoms with Crippen molar-refractivity contribution >= 4 is 0 Å². The second-order valence-electron chi connectivity index (χ2n) is 3.76. The minimum absolute atomic E-state index is 0.186. The molecule has 0 rings (SSSR count). The quantitative estimate of drug-likeness (QED) is 0.594. The third kappa shape index (κ3) is 5.18. The summed E-state index contributed by atoms with van der Waals surface area (Å²) >= 11 is 0. The third-order valence-corrected chi connectivity index (χ3v) is 1.88. The van der Waals surface area contributed by atoms with Crippen molar-refractivity contribution in [2.24, 2.45) is 17.4 Å². The molecular weight excluding hydrogens is 140 g/mol. The Labute approximate surface area is 69.1 Å². The van der Waals surface area contributed by atoms with Gasteiger partial charge in [0.15, 0.2) is 0 Å². The molecule has 11 heavy (non-hydrogen) atoms. The van der Waals surface area contributed by atoms with E-state index >= 15 is 0 Å². The van der Waals surface area contributed by atoms with Gasteiger partial charge >= 0.3 is 0 Å². The van der Waals surface area contributed by atoms with Crippen LogP contribution in [0, 0.1) is 5.92 Å². The van der Waals surface area contributed by atoms with Gasteiger partial charge in [0.2, 0.25) is 0 Å². The number of hydrogen-bond acceptors (Lipinski definition) is 3. The van der Waals surface area contributed by atoms with E-state index in [1.165, 1.54) is 0 Å². The maximum absolute atomic E-state index is 5.84. The summed E-state index contributed by atoms with van der Waals surface area (Å²) in [6.07, 6.45) is -0.195. The first-order valence-electron chi connectivity index (χ1n) is 4.00. The molecule has 0 saturated carbocycles. The second-order valence-corrected chi connectivity index (χ2v) is 3.76. The van der Waals surface area contributed by atoms with Crippen LogP contribution in [0.15, 0.2) is 0 Å². The van der Waals surface area contributed by atoms with Gasteiger partial charge in [0.25, 0.3) is 0 Å². The zero-order chi connectivity index (χ0) is 9.07. The molecule has 3 nitrogen and oxygen atoms in total. The normalized spacial score (nSPS) is 18.0. The first kappa shape index (κ1) is 10.9. The molecule has 0 aromatic rings. The highest BCUT2D eigenvalue weighted by Gasteiger charge is 2.20. The summed E-state index contributed by atoms with van der Waals surface area (Å²) < 4.78 is 5.23.